The van der Waals surface area contributed by atoms with Crippen molar-refractivity contribution in [2.24, 2.45) is 0 Å². The van der Waals surface area contributed by atoms with Crippen LogP contribution in [0.4, 0.5) is 0 Å². The molecular formula is C30H34B2O5S. The molecule has 3 aromatic carbocycles. The van der Waals surface area contributed by atoms with Crippen molar-refractivity contribution in [1.82, 2.24) is 0 Å². The molecule has 0 atom stereocenters. The van der Waals surface area contributed by atoms with Gasteiger partial charge in [0.05, 0.1) is 32.2 Å². The van der Waals surface area contributed by atoms with Crippen LogP contribution in [0.2, 0.25) is 0 Å². The molecule has 0 saturated carbocycles. The predicted octanol–water partition coefficient (Wildman–Crippen LogP) is 6.21. The Morgan fingerprint density at radius 2 is 1.03 bits per heavy atom. The second kappa shape index (κ2) is 8.64. The van der Waals surface area contributed by atoms with E-state index in [1.54, 1.807) is 11.8 Å². The highest BCUT2D eigenvalue weighted by Crippen LogP contribution is 2.48. The average Bonchev–Trinajstić information content (AvgIpc) is 3.21. The van der Waals surface area contributed by atoms with Crippen molar-refractivity contribution in [2.75, 3.05) is 0 Å². The van der Waals surface area contributed by atoms with Gasteiger partial charge in [-0.1, -0.05) is 48.2 Å². The molecular weight excluding hydrogens is 494 g/mol. The van der Waals surface area contributed by atoms with Crippen molar-refractivity contribution in [3.05, 3.63) is 60.7 Å². The molecule has 5 nitrogen and oxygen atoms in total. The maximum absolute atomic E-state index is 6.44. The largest absolute Gasteiger partial charge is 0.494 e. The summed E-state index contributed by atoms with van der Waals surface area (Å²) in [5, 5.41) is 0. The van der Waals surface area contributed by atoms with E-state index in [9.17, 15) is 0 Å². The van der Waals surface area contributed by atoms with Crippen LogP contribution < -0.4 is 15.7 Å². The third-order valence-electron chi connectivity index (χ3n) is 8.59. The lowest BCUT2D eigenvalue weighted by molar-refractivity contribution is 0.00578. The van der Waals surface area contributed by atoms with Gasteiger partial charge in [0, 0.05) is 0 Å². The summed E-state index contributed by atoms with van der Waals surface area (Å²) in [6.45, 7) is 16.6. The Balaban J connectivity index is 1.42. The van der Waals surface area contributed by atoms with E-state index < -0.39 is 36.6 Å². The van der Waals surface area contributed by atoms with E-state index in [0.29, 0.717) is 0 Å². The molecule has 2 saturated heterocycles. The first kappa shape index (κ1) is 26.0. The van der Waals surface area contributed by atoms with E-state index in [-0.39, 0.29) is 0 Å². The van der Waals surface area contributed by atoms with Crippen LogP contribution >= 0.6 is 11.8 Å². The first-order chi connectivity index (χ1) is 17.7. The van der Waals surface area contributed by atoms with Crippen LogP contribution in [0.3, 0.4) is 0 Å². The summed E-state index contributed by atoms with van der Waals surface area (Å²) in [4.78, 5) is 2.22. The lowest BCUT2D eigenvalue weighted by Crippen LogP contribution is -2.41. The Kier molecular flexibility index (Phi) is 5.92. The van der Waals surface area contributed by atoms with Gasteiger partial charge >= 0.3 is 14.2 Å². The van der Waals surface area contributed by atoms with Crippen LogP contribution in [0.5, 0.6) is 11.5 Å². The topological polar surface area (TPSA) is 46.2 Å². The molecule has 0 aliphatic carbocycles. The monoisotopic (exact) mass is 528 g/mol. The summed E-state index contributed by atoms with van der Waals surface area (Å²) in [5.74, 6) is 1.73. The van der Waals surface area contributed by atoms with Gasteiger partial charge in [0.15, 0.2) is 0 Å². The highest BCUT2D eigenvalue weighted by atomic mass is 32.2. The summed E-state index contributed by atoms with van der Waals surface area (Å²) >= 11 is 1.73. The molecule has 3 aliphatic heterocycles. The van der Waals surface area contributed by atoms with Gasteiger partial charge in [-0.3, -0.25) is 0 Å². The maximum Gasteiger partial charge on any atom is 0.494 e. The molecule has 0 unspecified atom stereocenters. The Hall–Kier alpha value is -2.22. The van der Waals surface area contributed by atoms with Gasteiger partial charge in [-0.15, -0.1) is 0 Å². The summed E-state index contributed by atoms with van der Waals surface area (Å²) in [7, 11) is -1.00. The molecule has 0 aromatic heterocycles. The van der Waals surface area contributed by atoms with E-state index in [4.69, 9.17) is 23.4 Å². The predicted molar refractivity (Wildman–Crippen MR) is 154 cm³/mol. The Morgan fingerprint density at radius 3 is 1.58 bits per heavy atom. The quantitative estimate of drug-likeness (QED) is 0.295. The molecule has 38 heavy (non-hydrogen) atoms. The van der Waals surface area contributed by atoms with Crippen LogP contribution in [0, 0.1) is 0 Å². The second-order valence-corrected chi connectivity index (χ2v) is 13.5. The van der Waals surface area contributed by atoms with Crippen molar-refractivity contribution in [3.8, 4) is 22.6 Å². The molecule has 0 bridgehead atoms. The van der Waals surface area contributed by atoms with Gasteiger partial charge < -0.3 is 23.4 Å². The fourth-order valence-corrected chi connectivity index (χ4v) is 5.71. The summed E-state index contributed by atoms with van der Waals surface area (Å²) in [6, 6.07) is 20.9. The Labute approximate surface area is 230 Å². The van der Waals surface area contributed by atoms with Crippen LogP contribution in [0.25, 0.3) is 11.1 Å². The smallest absolute Gasteiger partial charge is 0.455 e. The number of hydrogen-bond donors (Lipinski definition) is 0. The van der Waals surface area contributed by atoms with Crippen LogP contribution in [0.15, 0.2) is 70.5 Å². The Bertz CT molecular complexity index is 1330. The van der Waals surface area contributed by atoms with Crippen molar-refractivity contribution < 1.29 is 23.4 Å². The molecule has 0 N–H and O–H groups in total. The number of fused-ring (bicyclic) bond motifs is 2. The lowest BCUT2D eigenvalue weighted by atomic mass is 9.70. The van der Waals surface area contributed by atoms with E-state index in [2.05, 4.69) is 97.9 Å². The minimum Gasteiger partial charge on any atom is -0.455 e. The third-order valence-corrected chi connectivity index (χ3v) is 9.71. The molecule has 196 valence electrons. The SMILES string of the molecule is CC1(C)OB(c2cc(B3OC(C)(C)C(C)(C)O3)cc(-c3ccc4c(c3)Oc3ccccc3S4)c2)OC1(C)C. The lowest BCUT2D eigenvalue weighted by Gasteiger charge is -2.32. The molecule has 8 heteroatoms. The van der Waals surface area contributed by atoms with E-state index >= 15 is 0 Å². The second-order valence-electron chi connectivity index (χ2n) is 12.4. The fourth-order valence-electron chi connectivity index (χ4n) is 4.78. The number of ether oxygens (including phenoxy) is 1. The van der Waals surface area contributed by atoms with Crippen molar-refractivity contribution in [1.29, 1.82) is 0 Å². The Morgan fingerprint density at radius 1 is 0.526 bits per heavy atom. The standard InChI is InChI=1S/C30H34B2O5S/c1-27(2)28(3,4)35-31(34-27)21-15-20(16-22(18-21)32-36-29(5,6)30(7,8)37-32)19-13-14-26-24(17-19)33-23-11-9-10-12-25(23)38-26/h9-18H,1-8H3. The first-order valence-corrected chi connectivity index (χ1v) is 14.0. The average molecular weight is 528 g/mol. The maximum atomic E-state index is 6.44. The summed E-state index contributed by atoms with van der Waals surface area (Å²) in [5.41, 5.74) is 2.17. The molecule has 3 aromatic rings. The minimum atomic E-state index is -0.502. The van der Waals surface area contributed by atoms with E-state index in [1.165, 1.54) is 0 Å². The van der Waals surface area contributed by atoms with Crippen LogP contribution in [0.1, 0.15) is 55.4 Å². The molecule has 3 heterocycles. The summed E-state index contributed by atoms with van der Waals surface area (Å²) < 4.78 is 32.0. The van der Waals surface area contributed by atoms with Gasteiger partial charge in [-0.05, 0) is 102 Å². The summed E-state index contributed by atoms with van der Waals surface area (Å²) in [6.07, 6.45) is 0. The highest BCUT2D eigenvalue weighted by molar-refractivity contribution is 7.99. The fraction of sp³-hybridized carbons (Fsp3) is 0.400. The van der Waals surface area contributed by atoms with Gasteiger partial charge in [0.25, 0.3) is 0 Å². The van der Waals surface area contributed by atoms with Gasteiger partial charge in [0.1, 0.15) is 11.5 Å². The zero-order valence-electron chi connectivity index (χ0n) is 23.4. The molecule has 0 radical (unpaired) electrons. The normalized spacial score (nSPS) is 22.1. The zero-order valence-corrected chi connectivity index (χ0v) is 24.2. The molecule has 0 amide bonds. The molecule has 3 aliphatic rings. The van der Waals surface area contributed by atoms with E-state index in [1.807, 2.05) is 18.2 Å². The zero-order chi connectivity index (χ0) is 27.1. The highest BCUT2D eigenvalue weighted by Gasteiger charge is 2.54. The van der Waals surface area contributed by atoms with Crippen molar-refractivity contribution in [3.63, 3.8) is 0 Å². The number of rotatable bonds is 3. The number of para-hydroxylation sites is 1. The van der Waals surface area contributed by atoms with Crippen molar-refractivity contribution in [2.45, 2.75) is 87.6 Å². The third kappa shape index (κ3) is 4.31. The number of benzene rings is 3. The first-order valence-electron chi connectivity index (χ1n) is 13.2. The minimum absolute atomic E-state index is 0.442. The van der Waals surface area contributed by atoms with E-state index in [0.717, 1.165) is 43.3 Å². The van der Waals surface area contributed by atoms with Crippen LogP contribution in [-0.4, -0.2) is 36.6 Å². The van der Waals surface area contributed by atoms with Gasteiger partial charge in [-0.25, -0.2) is 0 Å². The molecule has 6 rings (SSSR count). The number of hydrogen-bond acceptors (Lipinski definition) is 6. The van der Waals surface area contributed by atoms with Crippen LogP contribution in [-0.2, 0) is 18.6 Å². The van der Waals surface area contributed by atoms with Gasteiger partial charge in [-0.2, -0.15) is 0 Å². The van der Waals surface area contributed by atoms with Gasteiger partial charge in [0.2, 0.25) is 0 Å². The van der Waals surface area contributed by atoms with Crippen molar-refractivity contribution >= 4 is 36.9 Å². The molecule has 2 fully saturated rings. The molecule has 0 spiro atoms.